The van der Waals surface area contributed by atoms with Crippen molar-refractivity contribution in [2.24, 2.45) is 0 Å². The number of hydrogen-bond donors (Lipinski definition) is 1. The molecule has 1 aromatic rings. The van der Waals surface area contributed by atoms with Crippen LogP contribution in [0.1, 0.15) is 33.3 Å². The van der Waals surface area contributed by atoms with Gasteiger partial charge in [-0.15, -0.1) is 0 Å². The average molecular weight is 272 g/mol. The topological polar surface area (TPSA) is 15.3 Å². The summed E-state index contributed by atoms with van der Waals surface area (Å²) < 4.78 is 39.1. The summed E-state index contributed by atoms with van der Waals surface area (Å²) in [6.45, 7) is 8.55. The number of benzene rings is 1. The fourth-order valence-electron chi connectivity index (χ4n) is 2.86. The van der Waals surface area contributed by atoms with Crippen molar-refractivity contribution in [1.29, 1.82) is 0 Å². The third kappa shape index (κ3) is 2.38. The molecule has 19 heavy (non-hydrogen) atoms. The number of alkyl halides is 3. The van der Waals surface area contributed by atoms with E-state index in [1.165, 1.54) is 6.07 Å². The lowest BCUT2D eigenvalue weighted by molar-refractivity contribution is -0.137. The van der Waals surface area contributed by atoms with Gasteiger partial charge in [-0.2, -0.15) is 13.2 Å². The van der Waals surface area contributed by atoms with Crippen molar-refractivity contribution in [2.75, 3.05) is 16.8 Å². The molecule has 0 saturated carbocycles. The zero-order chi connectivity index (χ0) is 14.4. The van der Waals surface area contributed by atoms with E-state index in [1.807, 2.05) is 32.6 Å². The molecule has 5 heteroatoms. The van der Waals surface area contributed by atoms with Crippen LogP contribution in [0.3, 0.4) is 0 Å². The minimum atomic E-state index is -4.33. The zero-order valence-electron chi connectivity index (χ0n) is 11.6. The summed E-state index contributed by atoms with van der Waals surface area (Å²) in [5.74, 6) is 0. The van der Waals surface area contributed by atoms with Crippen molar-refractivity contribution in [3.63, 3.8) is 0 Å². The highest BCUT2D eigenvalue weighted by Crippen LogP contribution is 2.44. The van der Waals surface area contributed by atoms with Gasteiger partial charge in [-0.05, 0) is 39.8 Å². The molecule has 1 heterocycles. The molecule has 106 valence electrons. The first-order valence-electron chi connectivity index (χ1n) is 6.38. The Morgan fingerprint density at radius 3 is 2.42 bits per heavy atom. The van der Waals surface area contributed by atoms with Crippen molar-refractivity contribution >= 4 is 11.4 Å². The maximum absolute atomic E-state index is 13.0. The molecule has 1 aliphatic rings. The molecule has 2 rings (SSSR count). The Hall–Kier alpha value is -1.39. The number of nitrogens with zero attached hydrogens (tertiary/aromatic N) is 1. The summed E-state index contributed by atoms with van der Waals surface area (Å²) in [5.41, 5.74) is 0.0148. The normalized spacial score (nSPS) is 18.2. The Labute approximate surface area is 111 Å². The van der Waals surface area contributed by atoms with E-state index in [1.54, 1.807) is 6.07 Å². The molecule has 1 N–H and O–H groups in total. The minimum absolute atomic E-state index is 0.138. The Kier molecular flexibility index (Phi) is 3.19. The number of rotatable bonds is 1. The van der Waals surface area contributed by atoms with Gasteiger partial charge in [-0.1, -0.05) is 6.07 Å². The molecular formula is C14H19F3N2. The van der Waals surface area contributed by atoms with E-state index in [0.717, 1.165) is 6.07 Å². The molecule has 1 aromatic carbocycles. The number of anilines is 2. The van der Waals surface area contributed by atoms with Crippen molar-refractivity contribution in [2.45, 2.75) is 45.5 Å². The molecule has 1 aliphatic heterocycles. The number of para-hydroxylation sites is 1. The van der Waals surface area contributed by atoms with Gasteiger partial charge in [0.05, 0.1) is 22.5 Å². The largest absolute Gasteiger partial charge is 0.418 e. The molecule has 0 amide bonds. The first kappa shape index (κ1) is 14.0. The highest BCUT2D eigenvalue weighted by molar-refractivity contribution is 5.77. The second-order valence-electron chi connectivity index (χ2n) is 5.83. The Balaban J connectivity index is 2.60. The third-order valence-electron chi connectivity index (χ3n) is 3.47. The molecule has 2 nitrogen and oxygen atoms in total. The van der Waals surface area contributed by atoms with Gasteiger partial charge >= 0.3 is 6.18 Å². The SMILES string of the molecule is CC(C)N1c2cccc(C(F)(F)F)c2NCC1(C)C. The van der Waals surface area contributed by atoms with E-state index in [9.17, 15) is 13.2 Å². The summed E-state index contributed by atoms with van der Waals surface area (Å²) >= 11 is 0. The number of fused-ring (bicyclic) bond motifs is 1. The lowest BCUT2D eigenvalue weighted by Gasteiger charge is -2.48. The van der Waals surface area contributed by atoms with Crippen LogP contribution in [0.15, 0.2) is 18.2 Å². The van der Waals surface area contributed by atoms with Crippen molar-refractivity contribution in [1.82, 2.24) is 0 Å². The molecule has 0 bridgehead atoms. The molecule has 0 unspecified atom stereocenters. The van der Waals surface area contributed by atoms with Crippen LogP contribution in [-0.4, -0.2) is 18.1 Å². The van der Waals surface area contributed by atoms with Crippen LogP contribution in [0.25, 0.3) is 0 Å². The molecule has 0 saturated heterocycles. The maximum Gasteiger partial charge on any atom is 0.418 e. The van der Waals surface area contributed by atoms with Crippen molar-refractivity contribution in [3.8, 4) is 0 Å². The monoisotopic (exact) mass is 272 g/mol. The van der Waals surface area contributed by atoms with Crippen LogP contribution in [0, 0.1) is 0 Å². The van der Waals surface area contributed by atoms with Gasteiger partial charge in [0.1, 0.15) is 0 Å². The number of halogens is 3. The molecule has 0 radical (unpaired) electrons. The summed E-state index contributed by atoms with van der Waals surface area (Å²) in [6.07, 6.45) is -4.33. The summed E-state index contributed by atoms with van der Waals surface area (Å²) in [4.78, 5) is 2.05. The van der Waals surface area contributed by atoms with Gasteiger partial charge < -0.3 is 10.2 Å². The number of hydrogen-bond acceptors (Lipinski definition) is 2. The lowest BCUT2D eigenvalue weighted by Crippen LogP contribution is -2.55. The highest BCUT2D eigenvalue weighted by Gasteiger charge is 2.40. The van der Waals surface area contributed by atoms with Crippen LogP contribution in [0.4, 0.5) is 24.5 Å². The Morgan fingerprint density at radius 1 is 1.26 bits per heavy atom. The number of nitrogens with one attached hydrogen (secondary N) is 1. The Bertz CT molecular complexity index is 478. The predicted molar refractivity (Wildman–Crippen MR) is 71.6 cm³/mol. The van der Waals surface area contributed by atoms with E-state index < -0.39 is 11.7 Å². The van der Waals surface area contributed by atoms with Gasteiger partial charge in [0.25, 0.3) is 0 Å². The van der Waals surface area contributed by atoms with Crippen LogP contribution < -0.4 is 10.2 Å². The summed E-state index contributed by atoms with van der Waals surface area (Å²) in [7, 11) is 0. The van der Waals surface area contributed by atoms with E-state index >= 15 is 0 Å². The first-order chi connectivity index (χ1) is 8.64. The van der Waals surface area contributed by atoms with Gasteiger partial charge in [-0.25, -0.2) is 0 Å². The van der Waals surface area contributed by atoms with E-state index in [2.05, 4.69) is 5.32 Å². The zero-order valence-corrected chi connectivity index (χ0v) is 11.6. The van der Waals surface area contributed by atoms with E-state index in [4.69, 9.17) is 0 Å². The van der Waals surface area contributed by atoms with Crippen LogP contribution in [0.2, 0.25) is 0 Å². The van der Waals surface area contributed by atoms with Crippen LogP contribution >= 0.6 is 0 Å². The van der Waals surface area contributed by atoms with Gasteiger partial charge in [-0.3, -0.25) is 0 Å². The second kappa shape index (κ2) is 4.32. The molecule has 0 spiro atoms. The average Bonchev–Trinajstić information content (AvgIpc) is 2.24. The predicted octanol–water partition coefficient (Wildman–Crippen LogP) is 4.12. The van der Waals surface area contributed by atoms with Gasteiger partial charge in [0.2, 0.25) is 0 Å². The van der Waals surface area contributed by atoms with E-state index in [-0.39, 0.29) is 17.3 Å². The fraction of sp³-hybridized carbons (Fsp3) is 0.571. The third-order valence-corrected chi connectivity index (χ3v) is 3.47. The van der Waals surface area contributed by atoms with Crippen molar-refractivity contribution < 1.29 is 13.2 Å². The molecular weight excluding hydrogens is 253 g/mol. The summed E-state index contributed by atoms with van der Waals surface area (Å²) in [5, 5.41) is 2.95. The molecule has 0 aromatic heterocycles. The van der Waals surface area contributed by atoms with Crippen LogP contribution in [-0.2, 0) is 6.18 Å². The smallest absolute Gasteiger partial charge is 0.381 e. The van der Waals surface area contributed by atoms with Crippen molar-refractivity contribution in [3.05, 3.63) is 23.8 Å². The fourth-order valence-corrected chi connectivity index (χ4v) is 2.86. The van der Waals surface area contributed by atoms with Gasteiger partial charge in [0, 0.05) is 12.6 Å². The van der Waals surface area contributed by atoms with E-state index in [0.29, 0.717) is 12.2 Å². The quantitative estimate of drug-likeness (QED) is 0.827. The van der Waals surface area contributed by atoms with Gasteiger partial charge in [0.15, 0.2) is 0 Å². The summed E-state index contributed by atoms with van der Waals surface area (Å²) in [6, 6.07) is 4.49. The molecule has 0 aliphatic carbocycles. The highest BCUT2D eigenvalue weighted by atomic mass is 19.4. The first-order valence-corrected chi connectivity index (χ1v) is 6.38. The Morgan fingerprint density at radius 2 is 1.89 bits per heavy atom. The maximum atomic E-state index is 13.0. The minimum Gasteiger partial charge on any atom is -0.381 e. The van der Waals surface area contributed by atoms with Crippen LogP contribution in [0.5, 0.6) is 0 Å². The lowest BCUT2D eigenvalue weighted by atomic mass is 9.94. The molecule has 0 atom stereocenters. The standard InChI is InChI=1S/C14H19F3N2/c1-9(2)19-11-7-5-6-10(14(15,16)17)12(11)18-8-13(19,3)4/h5-7,9,18H,8H2,1-4H3. The molecule has 0 fully saturated rings. The second-order valence-corrected chi connectivity index (χ2v) is 5.83.